The maximum atomic E-state index is 11.8. The Bertz CT molecular complexity index is 620. The number of nitrogens with zero attached hydrogens (tertiary/aromatic N) is 1. The first-order valence-corrected chi connectivity index (χ1v) is 8.22. The number of nitrogens with one attached hydrogen (secondary N) is 1. The van der Waals surface area contributed by atoms with Crippen LogP contribution in [0, 0.1) is 5.92 Å². The number of hydrogen-bond acceptors (Lipinski definition) is 5. The number of amides is 1. The molecule has 24 heavy (non-hydrogen) atoms. The van der Waals surface area contributed by atoms with Crippen LogP contribution in [0.4, 0.5) is 0 Å². The van der Waals surface area contributed by atoms with E-state index in [9.17, 15) is 9.59 Å². The first kappa shape index (κ1) is 20.3. The third-order valence-corrected chi connectivity index (χ3v) is 3.62. The van der Waals surface area contributed by atoms with Crippen LogP contribution in [0.15, 0.2) is 23.3 Å². The van der Waals surface area contributed by atoms with Gasteiger partial charge in [-0.2, -0.15) is 5.10 Å². The summed E-state index contributed by atoms with van der Waals surface area (Å²) in [6.45, 7) is 5.26. The lowest BCUT2D eigenvalue weighted by molar-refractivity contribution is -0.145. The van der Waals surface area contributed by atoms with Crippen molar-refractivity contribution in [2.45, 2.75) is 27.2 Å². The summed E-state index contributed by atoms with van der Waals surface area (Å²) in [6.07, 6.45) is 0.529. The molecule has 0 radical (unpaired) electrons. The summed E-state index contributed by atoms with van der Waals surface area (Å²) in [4.78, 5) is 23.5. The number of hydrazone groups is 1. The van der Waals surface area contributed by atoms with Crippen molar-refractivity contribution in [3.63, 3.8) is 0 Å². The molecule has 0 fully saturated rings. The average Bonchev–Trinajstić information content (AvgIpc) is 2.53. The highest BCUT2D eigenvalue weighted by Crippen LogP contribution is 2.27. The molecule has 1 N–H and O–H groups in total. The number of carbonyl (C=O) groups excluding carboxylic acids is 2. The number of carbonyl (C=O) groups is 2. The monoisotopic (exact) mass is 374 g/mol. The molecule has 1 aromatic carbocycles. The van der Waals surface area contributed by atoms with Crippen LogP contribution in [-0.4, -0.2) is 30.8 Å². The summed E-state index contributed by atoms with van der Waals surface area (Å²) >= 11 is 11.7. The van der Waals surface area contributed by atoms with E-state index in [2.05, 4.69) is 10.5 Å². The lowest BCUT2D eigenvalue weighted by atomic mass is 10.0. The van der Waals surface area contributed by atoms with Crippen molar-refractivity contribution in [2.75, 3.05) is 13.2 Å². The smallest absolute Gasteiger partial charge is 0.314 e. The zero-order valence-corrected chi connectivity index (χ0v) is 15.3. The van der Waals surface area contributed by atoms with Crippen LogP contribution >= 0.6 is 23.2 Å². The Morgan fingerprint density at radius 3 is 2.58 bits per heavy atom. The van der Waals surface area contributed by atoms with Crippen molar-refractivity contribution >= 4 is 40.8 Å². The topological polar surface area (TPSA) is 77.0 Å². The van der Waals surface area contributed by atoms with Crippen LogP contribution in [0.2, 0.25) is 10.0 Å². The van der Waals surface area contributed by atoms with Gasteiger partial charge in [-0.15, -0.1) is 0 Å². The van der Waals surface area contributed by atoms with Crippen molar-refractivity contribution in [3.8, 4) is 5.75 Å². The van der Waals surface area contributed by atoms with Crippen LogP contribution in [0.1, 0.15) is 27.2 Å². The summed E-state index contributed by atoms with van der Waals surface area (Å²) in [6, 6.07) is 4.69. The first-order chi connectivity index (χ1) is 11.4. The summed E-state index contributed by atoms with van der Waals surface area (Å²) in [5.41, 5.74) is 2.81. The molecule has 6 nitrogen and oxygen atoms in total. The van der Waals surface area contributed by atoms with Crippen LogP contribution in [0.25, 0.3) is 0 Å². The molecular weight excluding hydrogens is 355 g/mol. The summed E-state index contributed by atoms with van der Waals surface area (Å²) in [7, 11) is 0. The summed E-state index contributed by atoms with van der Waals surface area (Å²) in [5.74, 6) is -0.981. The zero-order valence-electron chi connectivity index (χ0n) is 13.8. The highest BCUT2D eigenvalue weighted by molar-refractivity contribution is 6.35. The van der Waals surface area contributed by atoms with E-state index in [-0.39, 0.29) is 12.6 Å². The van der Waals surface area contributed by atoms with Gasteiger partial charge in [0.2, 0.25) is 0 Å². The summed E-state index contributed by atoms with van der Waals surface area (Å²) in [5, 5.41) is 4.71. The molecule has 0 aromatic heterocycles. The maximum Gasteiger partial charge on any atom is 0.314 e. The van der Waals surface area contributed by atoms with Crippen molar-refractivity contribution in [2.24, 2.45) is 11.0 Å². The summed E-state index contributed by atoms with van der Waals surface area (Å²) < 4.78 is 10.3. The van der Waals surface area contributed by atoms with Crippen molar-refractivity contribution in [3.05, 3.63) is 28.2 Å². The maximum absolute atomic E-state index is 11.8. The van der Waals surface area contributed by atoms with Gasteiger partial charge in [0, 0.05) is 10.7 Å². The van der Waals surface area contributed by atoms with Crippen LogP contribution in [-0.2, 0) is 14.3 Å². The number of benzene rings is 1. The minimum atomic E-state index is -0.489. The second kappa shape index (κ2) is 10.2. The van der Waals surface area contributed by atoms with E-state index in [1.165, 1.54) is 6.07 Å². The standard InChI is InChI=1S/C16H20Cl2N2O4/c1-4-12(16(22)23-5-2)10(3)19-20-15(21)9-24-14-7-6-11(17)8-13(14)18/h6-8,12H,4-5,9H2,1-3H3,(H,20,21)/b19-10+. The molecule has 0 bridgehead atoms. The molecule has 0 aliphatic heterocycles. The Hall–Kier alpha value is -1.79. The molecule has 1 aromatic rings. The van der Waals surface area contributed by atoms with E-state index in [0.29, 0.717) is 34.5 Å². The lowest BCUT2D eigenvalue weighted by Crippen LogP contribution is -2.29. The van der Waals surface area contributed by atoms with Gasteiger partial charge in [0.1, 0.15) is 5.75 Å². The molecule has 0 aliphatic rings. The van der Waals surface area contributed by atoms with Gasteiger partial charge in [-0.3, -0.25) is 9.59 Å². The van der Waals surface area contributed by atoms with Crippen molar-refractivity contribution < 1.29 is 19.1 Å². The lowest BCUT2D eigenvalue weighted by Gasteiger charge is -2.13. The van der Waals surface area contributed by atoms with Crippen LogP contribution in [0.3, 0.4) is 0 Å². The molecule has 1 atom stereocenters. The number of ether oxygens (including phenoxy) is 2. The molecule has 0 heterocycles. The molecule has 8 heteroatoms. The zero-order chi connectivity index (χ0) is 18.1. The van der Waals surface area contributed by atoms with Gasteiger partial charge in [-0.25, -0.2) is 5.43 Å². The van der Waals surface area contributed by atoms with Gasteiger partial charge < -0.3 is 9.47 Å². The molecule has 132 valence electrons. The van der Waals surface area contributed by atoms with Gasteiger partial charge in [-0.1, -0.05) is 30.1 Å². The van der Waals surface area contributed by atoms with E-state index in [4.69, 9.17) is 32.7 Å². The predicted molar refractivity (Wildman–Crippen MR) is 93.6 cm³/mol. The first-order valence-electron chi connectivity index (χ1n) is 7.46. The number of esters is 1. The second-order valence-corrected chi connectivity index (χ2v) is 5.71. The fraction of sp³-hybridized carbons (Fsp3) is 0.438. The largest absolute Gasteiger partial charge is 0.482 e. The van der Waals surface area contributed by atoms with E-state index < -0.39 is 11.8 Å². The molecule has 0 aliphatic carbocycles. The predicted octanol–water partition coefficient (Wildman–Crippen LogP) is 3.45. The quantitative estimate of drug-likeness (QED) is 0.429. The second-order valence-electron chi connectivity index (χ2n) is 4.86. The molecule has 0 saturated carbocycles. The average molecular weight is 375 g/mol. The van der Waals surface area contributed by atoms with Gasteiger partial charge >= 0.3 is 5.97 Å². The van der Waals surface area contributed by atoms with Gasteiger partial charge in [0.25, 0.3) is 5.91 Å². The third-order valence-electron chi connectivity index (χ3n) is 3.09. The Kier molecular flexibility index (Phi) is 8.57. The molecular formula is C16H20Cl2N2O4. The molecule has 1 amide bonds. The fourth-order valence-electron chi connectivity index (χ4n) is 1.87. The van der Waals surface area contributed by atoms with Crippen LogP contribution in [0.5, 0.6) is 5.75 Å². The highest BCUT2D eigenvalue weighted by atomic mass is 35.5. The van der Waals surface area contributed by atoms with Crippen molar-refractivity contribution in [1.29, 1.82) is 0 Å². The highest BCUT2D eigenvalue weighted by Gasteiger charge is 2.21. The third kappa shape index (κ3) is 6.37. The number of hydrogen-bond donors (Lipinski definition) is 1. The van der Waals surface area contributed by atoms with Crippen molar-refractivity contribution in [1.82, 2.24) is 5.43 Å². The van der Waals surface area contributed by atoms with Gasteiger partial charge in [0.15, 0.2) is 6.61 Å². The SMILES string of the molecule is CCOC(=O)C(CC)/C(C)=N/NC(=O)COc1ccc(Cl)cc1Cl. The normalized spacial score (nSPS) is 12.5. The number of halogens is 2. The van der Waals surface area contributed by atoms with Crippen LogP contribution < -0.4 is 10.2 Å². The molecule has 0 saturated heterocycles. The van der Waals surface area contributed by atoms with E-state index in [1.54, 1.807) is 26.0 Å². The fourth-order valence-corrected chi connectivity index (χ4v) is 2.33. The molecule has 1 unspecified atom stereocenters. The van der Waals surface area contributed by atoms with Gasteiger partial charge in [0.05, 0.1) is 17.5 Å². The Morgan fingerprint density at radius 2 is 2.00 bits per heavy atom. The Labute approximate surface area is 151 Å². The van der Waals surface area contributed by atoms with E-state index >= 15 is 0 Å². The van der Waals surface area contributed by atoms with E-state index in [1.807, 2.05) is 6.92 Å². The minimum absolute atomic E-state index is 0.270. The number of rotatable bonds is 8. The van der Waals surface area contributed by atoms with Gasteiger partial charge in [-0.05, 0) is 38.5 Å². The molecule has 0 spiro atoms. The Morgan fingerprint density at radius 1 is 1.29 bits per heavy atom. The van der Waals surface area contributed by atoms with E-state index in [0.717, 1.165) is 0 Å². The molecule has 1 rings (SSSR count). The Balaban J connectivity index is 2.56. The minimum Gasteiger partial charge on any atom is -0.482 e.